The van der Waals surface area contributed by atoms with Crippen molar-refractivity contribution < 1.29 is 19.1 Å². The molecule has 6 nitrogen and oxygen atoms in total. The van der Waals surface area contributed by atoms with E-state index in [-0.39, 0.29) is 18.1 Å². The molecule has 1 aliphatic heterocycles. The fraction of sp³-hybridized carbons (Fsp3) is 0.353. The molecule has 0 unspecified atom stereocenters. The summed E-state index contributed by atoms with van der Waals surface area (Å²) in [7, 11) is 1.56. The van der Waals surface area contributed by atoms with Crippen molar-refractivity contribution in [2.45, 2.75) is 12.8 Å². The maximum absolute atomic E-state index is 11.9. The fourth-order valence-electron chi connectivity index (χ4n) is 2.27. The molecule has 0 atom stereocenters. The van der Waals surface area contributed by atoms with Gasteiger partial charge in [-0.25, -0.2) is 4.79 Å². The number of ether oxygens (including phenoxy) is 2. The largest absolute Gasteiger partial charge is 0.497 e. The molecule has 1 saturated heterocycles. The van der Waals surface area contributed by atoms with E-state index in [1.807, 2.05) is 0 Å². The maximum atomic E-state index is 11.9. The Hall–Kier alpha value is -2.81. The van der Waals surface area contributed by atoms with Gasteiger partial charge in [-0.2, -0.15) is 5.26 Å². The van der Waals surface area contributed by atoms with Crippen molar-refractivity contribution in [3.63, 3.8) is 0 Å². The van der Waals surface area contributed by atoms with Crippen LogP contribution in [0.3, 0.4) is 0 Å². The molecule has 1 amide bonds. The lowest BCUT2D eigenvalue weighted by Crippen LogP contribution is -2.32. The Morgan fingerprint density at radius 1 is 1.26 bits per heavy atom. The summed E-state index contributed by atoms with van der Waals surface area (Å²) in [5.41, 5.74) is 0.523. The topological polar surface area (TPSA) is 79.6 Å². The molecule has 0 aromatic heterocycles. The average Bonchev–Trinajstić information content (AvgIpc) is 3.12. The average molecular weight is 314 g/mol. The summed E-state index contributed by atoms with van der Waals surface area (Å²) in [6, 6.07) is 8.70. The highest BCUT2D eigenvalue weighted by molar-refractivity contribution is 5.98. The summed E-state index contributed by atoms with van der Waals surface area (Å²) in [6.45, 7) is 1.06. The minimum absolute atomic E-state index is 0.149. The van der Waals surface area contributed by atoms with Crippen LogP contribution in [-0.2, 0) is 14.3 Å². The zero-order chi connectivity index (χ0) is 16.7. The van der Waals surface area contributed by atoms with Gasteiger partial charge in [0.05, 0.1) is 7.11 Å². The number of methoxy groups -OCH3 is 1. The van der Waals surface area contributed by atoms with Gasteiger partial charge in [0.25, 0.3) is 5.91 Å². The number of hydrogen-bond acceptors (Lipinski definition) is 5. The maximum Gasteiger partial charge on any atom is 0.349 e. The van der Waals surface area contributed by atoms with Gasteiger partial charge in [0.15, 0.2) is 6.61 Å². The SMILES string of the molecule is COc1ccc(/C=C(/C#N)C(=O)OCC(=O)N2CCCC2)cc1. The molecule has 23 heavy (non-hydrogen) atoms. The van der Waals surface area contributed by atoms with Gasteiger partial charge in [-0.05, 0) is 36.6 Å². The fourth-order valence-corrected chi connectivity index (χ4v) is 2.27. The van der Waals surface area contributed by atoms with Crippen LogP contribution in [0.1, 0.15) is 18.4 Å². The first kappa shape index (κ1) is 16.6. The zero-order valence-electron chi connectivity index (χ0n) is 12.9. The Bertz CT molecular complexity index is 638. The predicted octanol–water partition coefficient (Wildman–Crippen LogP) is 1.77. The summed E-state index contributed by atoms with van der Waals surface area (Å²) in [4.78, 5) is 25.4. The van der Waals surface area contributed by atoms with Gasteiger partial charge in [-0.3, -0.25) is 4.79 Å². The van der Waals surface area contributed by atoms with Crippen LogP contribution in [0.15, 0.2) is 29.8 Å². The van der Waals surface area contributed by atoms with Crippen molar-refractivity contribution in [3.8, 4) is 11.8 Å². The molecule has 0 radical (unpaired) electrons. The molecule has 0 N–H and O–H groups in total. The Morgan fingerprint density at radius 3 is 2.48 bits per heavy atom. The highest BCUT2D eigenvalue weighted by atomic mass is 16.5. The summed E-state index contributed by atoms with van der Waals surface area (Å²) >= 11 is 0. The van der Waals surface area contributed by atoms with Crippen molar-refractivity contribution >= 4 is 18.0 Å². The van der Waals surface area contributed by atoms with Crippen molar-refractivity contribution in [1.29, 1.82) is 5.26 Å². The molecule has 0 saturated carbocycles. The van der Waals surface area contributed by atoms with Gasteiger partial charge in [0, 0.05) is 13.1 Å². The van der Waals surface area contributed by atoms with Gasteiger partial charge < -0.3 is 14.4 Å². The summed E-state index contributed by atoms with van der Waals surface area (Å²) in [5.74, 6) is -0.340. The first-order valence-electron chi connectivity index (χ1n) is 7.35. The van der Waals surface area contributed by atoms with E-state index in [4.69, 9.17) is 14.7 Å². The van der Waals surface area contributed by atoms with Gasteiger partial charge >= 0.3 is 5.97 Å². The van der Waals surface area contributed by atoms with Crippen molar-refractivity contribution in [3.05, 3.63) is 35.4 Å². The molecule has 1 fully saturated rings. The molecule has 1 aromatic rings. The van der Waals surface area contributed by atoms with Crippen molar-refractivity contribution in [1.82, 2.24) is 4.90 Å². The second-order valence-corrected chi connectivity index (χ2v) is 5.11. The van der Waals surface area contributed by atoms with Crippen LogP contribution >= 0.6 is 0 Å². The van der Waals surface area contributed by atoms with Crippen molar-refractivity contribution in [2.75, 3.05) is 26.8 Å². The minimum atomic E-state index is -0.795. The summed E-state index contributed by atoms with van der Waals surface area (Å²) < 4.78 is 9.98. The lowest BCUT2D eigenvalue weighted by molar-refractivity contribution is -0.148. The molecule has 0 spiro atoms. The number of nitrogens with zero attached hydrogens (tertiary/aromatic N) is 2. The molecule has 6 heteroatoms. The number of likely N-dealkylation sites (tertiary alicyclic amines) is 1. The smallest absolute Gasteiger partial charge is 0.349 e. The van der Waals surface area contributed by atoms with Gasteiger partial charge in [-0.1, -0.05) is 12.1 Å². The predicted molar refractivity (Wildman–Crippen MR) is 83.4 cm³/mol. The van der Waals surface area contributed by atoms with Gasteiger partial charge in [0.1, 0.15) is 17.4 Å². The Kier molecular flexibility index (Phi) is 5.75. The van der Waals surface area contributed by atoms with E-state index >= 15 is 0 Å². The number of benzene rings is 1. The van der Waals surface area contributed by atoms with E-state index in [9.17, 15) is 9.59 Å². The number of amides is 1. The second-order valence-electron chi connectivity index (χ2n) is 5.11. The molecule has 0 bridgehead atoms. The number of carbonyl (C=O) groups excluding carboxylic acids is 2. The number of esters is 1. The van der Waals surface area contributed by atoms with Crippen LogP contribution in [0.2, 0.25) is 0 Å². The minimum Gasteiger partial charge on any atom is -0.497 e. The van der Waals surface area contributed by atoms with E-state index in [2.05, 4.69) is 0 Å². The quantitative estimate of drug-likeness (QED) is 0.470. The van der Waals surface area contributed by atoms with Gasteiger partial charge in [0.2, 0.25) is 0 Å². The van der Waals surface area contributed by atoms with Crippen LogP contribution in [-0.4, -0.2) is 43.6 Å². The first-order chi connectivity index (χ1) is 11.1. The van der Waals surface area contributed by atoms with Crippen LogP contribution in [0.5, 0.6) is 5.75 Å². The monoisotopic (exact) mass is 314 g/mol. The van der Waals surface area contributed by atoms with Crippen LogP contribution < -0.4 is 4.74 Å². The van der Waals surface area contributed by atoms with E-state index < -0.39 is 5.97 Å². The van der Waals surface area contributed by atoms with E-state index in [1.54, 1.807) is 42.3 Å². The summed E-state index contributed by atoms with van der Waals surface area (Å²) in [5, 5.41) is 9.10. The molecular formula is C17H18N2O4. The second kappa shape index (κ2) is 7.99. The van der Waals surface area contributed by atoms with Crippen LogP contribution in [0.25, 0.3) is 6.08 Å². The van der Waals surface area contributed by atoms with Crippen LogP contribution in [0.4, 0.5) is 0 Å². The molecule has 2 rings (SSSR count). The van der Waals surface area contributed by atoms with Gasteiger partial charge in [-0.15, -0.1) is 0 Å². The summed E-state index contributed by atoms with van der Waals surface area (Å²) in [6.07, 6.45) is 3.36. The lowest BCUT2D eigenvalue weighted by atomic mass is 10.1. The Labute approximate surface area is 134 Å². The van der Waals surface area contributed by atoms with E-state index in [1.165, 1.54) is 6.08 Å². The number of rotatable bonds is 5. The zero-order valence-corrected chi connectivity index (χ0v) is 12.9. The third-order valence-corrected chi connectivity index (χ3v) is 3.55. The third-order valence-electron chi connectivity index (χ3n) is 3.55. The third kappa shape index (κ3) is 4.58. The standard InChI is InChI=1S/C17H18N2O4/c1-22-15-6-4-13(5-7-15)10-14(11-18)17(21)23-12-16(20)19-8-2-3-9-19/h4-7,10H,2-3,8-9,12H2,1H3/b14-10-. The first-order valence-corrected chi connectivity index (χ1v) is 7.35. The number of carbonyl (C=O) groups is 2. The van der Waals surface area contributed by atoms with Crippen molar-refractivity contribution in [2.24, 2.45) is 0 Å². The lowest BCUT2D eigenvalue weighted by Gasteiger charge is -2.14. The molecule has 1 aliphatic rings. The van der Waals surface area contributed by atoms with E-state index in [0.717, 1.165) is 12.8 Å². The van der Waals surface area contributed by atoms with E-state index in [0.29, 0.717) is 24.4 Å². The molecular weight excluding hydrogens is 296 g/mol. The molecule has 1 heterocycles. The van der Waals surface area contributed by atoms with Crippen LogP contribution in [0, 0.1) is 11.3 Å². The molecule has 0 aliphatic carbocycles. The highest BCUT2D eigenvalue weighted by Crippen LogP contribution is 2.14. The number of hydrogen-bond donors (Lipinski definition) is 0. The highest BCUT2D eigenvalue weighted by Gasteiger charge is 2.20. The number of nitriles is 1. The normalized spacial score (nSPS) is 14.3. The Morgan fingerprint density at radius 2 is 1.91 bits per heavy atom. The molecule has 1 aromatic carbocycles. The molecule has 120 valence electrons. The Balaban J connectivity index is 1.95.